The van der Waals surface area contributed by atoms with E-state index in [1.807, 2.05) is 0 Å². The van der Waals surface area contributed by atoms with Crippen LogP contribution in [0.15, 0.2) is 21.5 Å². The van der Waals surface area contributed by atoms with Crippen LogP contribution in [0.2, 0.25) is 0 Å². The molecule has 0 saturated heterocycles. The zero-order valence-corrected chi connectivity index (χ0v) is 13.3. The van der Waals surface area contributed by atoms with Gasteiger partial charge in [0, 0.05) is 24.6 Å². The van der Waals surface area contributed by atoms with Crippen molar-refractivity contribution in [2.45, 2.75) is 4.90 Å². The molecule has 0 aromatic heterocycles. The summed E-state index contributed by atoms with van der Waals surface area (Å²) in [5, 5.41) is 11.7. The van der Waals surface area contributed by atoms with Crippen LogP contribution in [0.25, 0.3) is 0 Å². The summed E-state index contributed by atoms with van der Waals surface area (Å²) in [5.41, 5.74) is -0.694. The second kappa shape index (κ2) is 6.61. The Morgan fingerprint density at radius 2 is 2.10 bits per heavy atom. The van der Waals surface area contributed by atoms with E-state index in [-0.39, 0.29) is 11.0 Å². The van der Waals surface area contributed by atoms with E-state index in [1.165, 1.54) is 7.05 Å². The molecular weight excluding hydrogens is 355 g/mol. The van der Waals surface area contributed by atoms with Crippen molar-refractivity contribution in [2.24, 2.45) is 0 Å². The van der Waals surface area contributed by atoms with Crippen molar-refractivity contribution in [3.63, 3.8) is 0 Å². The highest BCUT2D eigenvalue weighted by Crippen LogP contribution is 2.26. The third kappa shape index (κ3) is 3.54. The number of halogens is 2. The molecule has 0 aliphatic heterocycles. The number of rotatable bonds is 6. The van der Waals surface area contributed by atoms with Gasteiger partial charge in [-0.3, -0.25) is 0 Å². The highest BCUT2D eigenvalue weighted by Gasteiger charge is 2.28. The Balaban J connectivity index is 3.35. The molecule has 0 saturated carbocycles. The minimum absolute atomic E-state index is 0.132. The molecule has 1 rings (SSSR count). The fraction of sp³-hybridized carbons (Fsp3) is 0.364. The Hall–Kier alpha value is -1.03. The number of carbonyl (C=O) groups is 1. The van der Waals surface area contributed by atoms with Crippen LogP contribution in [0.3, 0.4) is 0 Å². The molecular formula is C11H14BrFN2O4S. The summed E-state index contributed by atoms with van der Waals surface area (Å²) in [6.45, 7) is 0.518. The molecule has 0 unspecified atom stereocenters. The summed E-state index contributed by atoms with van der Waals surface area (Å²) >= 11 is 2.98. The van der Waals surface area contributed by atoms with E-state index < -0.39 is 32.3 Å². The van der Waals surface area contributed by atoms with Gasteiger partial charge in [-0.2, -0.15) is 4.31 Å². The quantitative estimate of drug-likeness (QED) is 0.785. The topological polar surface area (TPSA) is 86.7 Å². The molecule has 0 aliphatic carbocycles. The van der Waals surface area contributed by atoms with Gasteiger partial charge in [0.25, 0.3) is 0 Å². The number of nitrogens with one attached hydrogen (secondary N) is 1. The molecule has 0 amide bonds. The number of hydrogen-bond acceptors (Lipinski definition) is 4. The van der Waals surface area contributed by atoms with Gasteiger partial charge in [-0.05, 0) is 19.2 Å². The smallest absolute Gasteiger partial charge is 0.338 e. The maximum absolute atomic E-state index is 14.1. The largest absolute Gasteiger partial charge is 0.478 e. The van der Waals surface area contributed by atoms with Crippen LogP contribution in [-0.2, 0) is 10.0 Å². The lowest BCUT2D eigenvalue weighted by Crippen LogP contribution is -2.33. The molecule has 6 nitrogen and oxygen atoms in total. The van der Waals surface area contributed by atoms with E-state index in [9.17, 15) is 17.6 Å². The average molecular weight is 369 g/mol. The van der Waals surface area contributed by atoms with Crippen molar-refractivity contribution >= 4 is 31.9 Å². The Kier molecular flexibility index (Phi) is 5.63. The highest BCUT2D eigenvalue weighted by molar-refractivity contribution is 9.10. The van der Waals surface area contributed by atoms with Crippen molar-refractivity contribution in [1.29, 1.82) is 0 Å². The van der Waals surface area contributed by atoms with Crippen LogP contribution in [0.1, 0.15) is 10.4 Å². The predicted octanol–water partition coefficient (Wildman–Crippen LogP) is 1.13. The normalized spacial score (nSPS) is 11.8. The van der Waals surface area contributed by atoms with Crippen LogP contribution in [-0.4, -0.2) is 51.0 Å². The van der Waals surface area contributed by atoms with Crippen molar-refractivity contribution < 1.29 is 22.7 Å². The number of hydrogen-bond donors (Lipinski definition) is 2. The van der Waals surface area contributed by atoms with Crippen molar-refractivity contribution in [3.05, 3.63) is 28.0 Å². The van der Waals surface area contributed by atoms with Gasteiger partial charge >= 0.3 is 5.97 Å². The first kappa shape index (κ1) is 17.0. The van der Waals surface area contributed by atoms with Gasteiger partial charge in [-0.25, -0.2) is 17.6 Å². The van der Waals surface area contributed by atoms with Crippen LogP contribution in [0.4, 0.5) is 4.39 Å². The van der Waals surface area contributed by atoms with Gasteiger partial charge < -0.3 is 10.4 Å². The molecule has 1 aromatic carbocycles. The van der Waals surface area contributed by atoms with E-state index in [0.717, 1.165) is 16.4 Å². The summed E-state index contributed by atoms with van der Waals surface area (Å²) in [5.74, 6) is -2.80. The molecule has 0 bridgehead atoms. The first-order valence-electron chi connectivity index (χ1n) is 5.55. The number of sulfonamides is 1. The second-order valence-electron chi connectivity index (χ2n) is 4.00. The van der Waals surface area contributed by atoms with Crippen molar-refractivity contribution in [3.8, 4) is 0 Å². The summed E-state index contributed by atoms with van der Waals surface area (Å²) in [6.07, 6.45) is 0. The number of likely N-dealkylation sites (N-methyl/N-ethyl adjacent to an activating group) is 2. The van der Waals surface area contributed by atoms with Gasteiger partial charge in [-0.15, -0.1) is 0 Å². The molecule has 9 heteroatoms. The fourth-order valence-electron chi connectivity index (χ4n) is 1.46. The third-order valence-electron chi connectivity index (χ3n) is 2.60. The van der Waals surface area contributed by atoms with E-state index in [0.29, 0.717) is 6.54 Å². The van der Waals surface area contributed by atoms with Gasteiger partial charge in [0.2, 0.25) is 10.0 Å². The first-order valence-corrected chi connectivity index (χ1v) is 7.78. The zero-order valence-electron chi connectivity index (χ0n) is 10.9. The van der Waals surface area contributed by atoms with E-state index in [4.69, 9.17) is 5.11 Å². The standard InChI is InChI=1S/C11H14BrFN2O4S/c1-14-3-4-15(2)20(18,19)9-6-7(12)5-8(10(9)13)11(16)17/h5-6,14H,3-4H2,1-2H3,(H,16,17). The lowest BCUT2D eigenvalue weighted by atomic mass is 10.2. The average Bonchev–Trinajstić information content (AvgIpc) is 2.37. The minimum Gasteiger partial charge on any atom is -0.478 e. The molecule has 0 radical (unpaired) electrons. The van der Waals surface area contributed by atoms with Gasteiger partial charge in [0.05, 0.1) is 5.56 Å². The predicted molar refractivity (Wildman–Crippen MR) is 74.8 cm³/mol. The molecule has 1 aromatic rings. The van der Waals surface area contributed by atoms with Gasteiger partial charge in [-0.1, -0.05) is 15.9 Å². The molecule has 2 N–H and O–H groups in total. The molecule has 0 aliphatic rings. The first-order chi connectivity index (χ1) is 9.21. The molecule has 0 fully saturated rings. The number of aromatic carboxylic acids is 1. The van der Waals surface area contributed by atoms with Crippen molar-refractivity contribution in [1.82, 2.24) is 9.62 Å². The molecule has 0 atom stereocenters. The Morgan fingerprint density at radius 3 is 2.60 bits per heavy atom. The SMILES string of the molecule is CNCCN(C)S(=O)(=O)c1cc(Br)cc(C(=O)O)c1F. The summed E-state index contributed by atoms with van der Waals surface area (Å²) < 4.78 is 39.7. The summed E-state index contributed by atoms with van der Waals surface area (Å²) in [4.78, 5) is 10.3. The number of benzene rings is 1. The molecule has 112 valence electrons. The number of carboxylic acids is 1. The van der Waals surface area contributed by atoms with Crippen LogP contribution >= 0.6 is 15.9 Å². The molecule has 0 heterocycles. The summed E-state index contributed by atoms with van der Waals surface area (Å²) in [7, 11) is -1.14. The zero-order chi connectivity index (χ0) is 15.5. The monoisotopic (exact) mass is 368 g/mol. The lowest BCUT2D eigenvalue weighted by Gasteiger charge is -2.18. The van der Waals surface area contributed by atoms with E-state index in [1.54, 1.807) is 7.05 Å². The Bertz CT molecular complexity index is 621. The maximum Gasteiger partial charge on any atom is 0.338 e. The van der Waals surface area contributed by atoms with Gasteiger partial charge in [0.1, 0.15) is 4.90 Å². The van der Waals surface area contributed by atoms with E-state index >= 15 is 0 Å². The van der Waals surface area contributed by atoms with Crippen LogP contribution < -0.4 is 5.32 Å². The Morgan fingerprint density at radius 1 is 1.50 bits per heavy atom. The third-order valence-corrected chi connectivity index (χ3v) is 4.91. The number of nitrogens with zero attached hydrogens (tertiary/aromatic N) is 1. The van der Waals surface area contributed by atoms with Crippen LogP contribution in [0.5, 0.6) is 0 Å². The van der Waals surface area contributed by atoms with Crippen molar-refractivity contribution in [2.75, 3.05) is 27.2 Å². The summed E-state index contributed by atoms with van der Waals surface area (Å²) in [6, 6.07) is 2.07. The number of carboxylic acid groups (broad SMARTS) is 1. The maximum atomic E-state index is 14.1. The van der Waals surface area contributed by atoms with E-state index in [2.05, 4.69) is 21.2 Å². The minimum atomic E-state index is -4.10. The van der Waals surface area contributed by atoms with Gasteiger partial charge in [0.15, 0.2) is 5.82 Å². The highest BCUT2D eigenvalue weighted by atomic mass is 79.9. The fourth-order valence-corrected chi connectivity index (χ4v) is 3.35. The van der Waals surface area contributed by atoms with Crippen LogP contribution in [0, 0.1) is 5.82 Å². The molecule has 20 heavy (non-hydrogen) atoms. The Labute approximate surface area is 124 Å². The second-order valence-corrected chi connectivity index (χ2v) is 6.93. The lowest BCUT2D eigenvalue weighted by molar-refractivity contribution is 0.0691. The molecule has 0 spiro atoms.